The second kappa shape index (κ2) is 15.0. The molecule has 1 heterocycles. The van der Waals surface area contributed by atoms with Crippen LogP contribution in [0.4, 0.5) is 0 Å². The highest BCUT2D eigenvalue weighted by atomic mass is 35.5. The summed E-state index contributed by atoms with van der Waals surface area (Å²) in [6.07, 6.45) is 6.92. The zero-order valence-corrected chi connectivity index (χ0v) is 24.0. The van der Waals surface area contributed by atoms with E-state index in [9.17, 15) is 13.8 Å². The van der Waals surface area contributed by atoms with Crippen molar-refractivity contribution in [2.75, 3.05) is 6.54 Å². The van der Waals surface area contributed by atoms with Crippen LogP contribution in [0.1, 0.15) is 70.4 Å². The summed E-state index contributed by atoms with van der Waals surface area (Å²) in [4.78, 5) is 26.5. The van der Waals surface area contributed by atoms with Crippen LogP contribution in [0, 0.1) is 11.8 Å². The van der Waals surface area contributed by atoms with Crippen molar-refractivity contribution in [1.82, 2.24) is 9.62 Å². The lowest BCUT2D eigenvalue weighted by molar-refractivity contribution is -0.147. The summed E-state index contributed by atoms with van der Waals surface area (Å²) in [5.41, 5.74) is 1.08. The monoisotopic (exact) mass is 564 g/mol. The van der Waals surface area contributed by atoms with E-state index in [0.717, 1.165) is 55.4 Å². The average molecular weight is 566 g/mol. The van der Waals surface area contributed by atoms with Gasteiger partial charge in [0.2, 0.25) is 5.91 Å². The molecule has 4 atom stereocenters. The van der Waals surface area contributed by atoms with Gasteiger partial charge in [-0.3, -0.25) is 4.79 Å². The van der Waals surface area contributed by atoms with Gasteiger partial charge in [0.15, 0.2) is 0 Å². The minimum atomic E-state index is -1.02. The van der Waals surface area contributed by atoms with E-state index in [1.807, 2.05) is 73.3 Å². The van der Waals surface area contributed by atoms with Crippen LogP contribution < -0.4 is 4.72 Å². The van der Waals surface area contributed by atoms with Crippen LogP contribution in [0.25, 0.3) is 0 Å². The average Bonchev–Trinajstić information content (AvgIpc) is 3.83. The number of carbonyl (C=O) groups excluding carboxylic acids is 2. The first-order valence-electron chi connectivity index (χ1n) is 13.3. The minimum Gasteiger partial charge on any atom is -0.331 e. The standard InChI is InChI=1S/C21H27ClN2O3S.C6H5Cl.C2H6/c22-17-6-3-14(4-7-17)19-10-5-16(11-12-25)21(26)24(19)20(15-1-2-15)13-23-28(27)18-8-9-18;7-6-4-2-1-3-5-6;1-2/h3-4,6-7,12,15-16,18-20,23H,1-2,5,8-11,13H2;1-5H;1-2H3/t16-,19+,20?,28?;;/m1../s1. The van der Waals surface area contributed by atoms with Crippen LogP contribution in [0.2, 0.25) is 10.0 Å². The van der Waals surface area contributed by atoms with E-state index in [0.29, 0.717) is 17.5 Å². The van der Waals surface area contributed by atoms with Crippen LogP contribution >= 0.6 is 23.2 Å². The Morgan fingerprint density at radius 2 is 1.57 bits per heavy atom. The van der Waals surface area contributed by atoms with Crippen LogP contribution in [0.15, 0.2) is 54.6 Å². The lowest BCUT2D eigenvalue weighted by atomic mass is 9.85. The number of halogens is 2. The van der Waals surface area contributed by atoms with Gasteiger partial charge in [-0.1, -0.05) is 67.4 Å². The molecule has 1 amide bonds. The Morgan fingerprint density at radius 1 is 0.946 bits per heavy atom. The van der Waals surface area contributed by atoms with Crippen LogP contribution in [-0.4, -0.2) is 39.1 Å². The van der Waals surface area contributed by atoms with Gasteiger partial charge in [-0.2, -0.15) is 0 Å². The zero-order valence-electron chi connectivity index (χ0n) is 21.7. The van der Waals surface area contributed by atoms with Crippen molar-refractivity contribution in [3.05, 3.63) is 70.2 Å². The fourth-order valence-electron chi connectivity index (χ4n) is 4.68. The number of likely N-dealkylation sites (tertiary alicyclic amines) is 1. The number of amides is 1. The predicted octanol–water partition coefficient (Wildman–Crippen LogP) is 6.77. The number of benzene rings is 2. The molecule has 3 aliphatic rings. The van der Waals surface area contributed by atoms with Crippen molar-refractivity contribution in [1.29, 1.82) is 0 Å². The van der Waals surface area contributed by atoms with Gasteiger partial charge in [-0.05, 0) is 74.3 Å². The minimum absolute atomic E-state index is 0.0188. The largest absolute Gasteiger partial charge is 0.331 e. The first-order chi connectivity index (χ1) is 18.0. The molecule has 5 rings (SSSR count). The first-order valence-corrected chi connectivity index (χ1v) is 15.3. The maximum absolute atomic E-state index is 13.4. The lowest BCUT2D eigenvalue weighted by Crippen LogP contribution is -2.53. The van der Waals surface area contributed by atoms with E-state index < -0.39 is 11.0 Å². The van der Waals surface area contributed by atoms with Crippen LogP contribution in [-0.2, 0) is 20.6 Å². The van der Waals surface area contributed by atoms with E-state index in [4.69, 9.17) is 23.2 Å². The molecule has 202 valence electrons. The lowest BCUT2D eigenvalue weighted by Gasteiger charge is -2.44. The third-order valence-corrected chi connectivity index (χ3v) is 8.91. The molecule has 1 aliphatic heterocycles. The molecule has 3 fully saturated rings. The Kier molecular flexibility index (Phi) is 12.1. The molecule has 1 saturated heterocycles. The fourth-order valence-corrected chi connectivity index (χ4v) is 6.09. The van der Waals surface area contributed by atoms with Crippen molar-refractivity contribution in [2.24, 2.45) is 11.8 Å². The van der Waals surface area contributed by atoms with Gasteiger partial charge in [-0.15, -0.1) is 0 Å². The smallest absolute Gasteiger partial charge is 0.226 e. The second-order valence-corrected chi connectivity index (χ2v) is 12.0. The molecular weight excluding hydrogens is 527 g/mol. The summed E-state index contributed by atoms with van der Waals surface area (Å²) in [7, 11) is -1.02. The van der Waals surface area contributed by atoms with E-state index in [2.05, 4.69) is 4.72 Å². The van der Waals surface area contributed by atoms with Crippen molar-refractivity contribution >= 4 is 46.4 Å². The summed E-state index contributed by atoms with van der Waals surface area (Å²) < 4.78 is 15.5. The van der Waals surface area contributed by atoms with Gasteiger partial charge in [0.05, 0.1) is 17.0 Å². The number of nitrogens with one attached hydrogen (secondary N) is 1. The number of hydrogen-bond acceptors (Lipinski definition) is 3. The van der Waals surface area contributed by atoms with Crippen molar-refractivity contribution < 1.29 is 13.8 Å². The number of aldehydes is 1. The van der Waals surface area contributed by atoms with Crippen LogP contribution in [0.3, 0.4) is 0 Å². The van der Waals surface area contributed by atoms with E-state index in [1.54, 1.807) is 0 Å². The van der Waals surface area contributed by atoms with Crippen molar-refractivity contribution in [2.45, 2.75) is 76.1 Å². The highest BCUT2D eigenvalue weighted by molar-refractivity contribution is 7.84. The molecule has 2 aliphatic carbocycles. The number of carbonyl (C=O) groups is 2. The number of rotatable bonds is 9. The van der Waals surface area contributed by atoms with Gasteiger partial charge in [0.25, 0.3) is 0 Å². The molecule has 2 aromatic carbocycles. The van der Waals surface area contributed by atoms with Crippen LogP contribution in [0.5, 0.6) is 0 Å². The predicted molar refractivity (Wildman–Crippen MR) is 153 cm³/mol. The van der Waals surface area contributed by atoms with Crippen molar-refractivity contribution in [3.8, 4) is 0 Å². The summed E-state index contributed by atoms with van der Waals surface area (Å²) in [6.45, 7) is 4.55. The quantitative estimate of drug-likeness (QED) is 0.342. The molecular formula is C29H38Cl2N2O3S. The highest BCUT2D eigenvalue weighted by Crippen LogP contribution is 2.43. The molecule has 0 bridgehead atoms. The van der Waals surface area contributed by atoms with E-state index >= 15 is 0 Å². The number of nitrogens with zero attached hydrogens (tertiary/aromatic N) is 1. The maximum atomic E-state index is 13.4. The van der Waals surface area contributed by atoms with Gasteiger partial charge in [0, 0.05) is 40.2 Å². The summed E-state index contributed by atoms with van der Waals surface area (Å²) in [5.74, 6) is 0.267. The summed E-state index contributed by atoms with van der Waals surface area (Å²) in [6, 6.07) is 17.2. The van der Waals surface area contributed by atoms with Gasteiger partial charge >= 0.3 is 0 Å². The van der Waals surface area contributed by atoms with E-state index in [1.165, 1.54) is 0 Å². The molecule has 37 heavy (non-hydrogen) atoms. The molecule has 8 heteroatoms. The molecule has 2 unspecified atom stereocenters. The topological polar surface area (TPSA) is 66.5 Å². The molecule has 0 aromatic heterocycles. The first kappa shape index (κ1) is 29.8. The third-order valence-electron chi connectivity index (χ3n) is 6.88. The molecule has 0 spiro atoms. The normalized spacial score (nSPS) is 22.6. The van der Waals surface area contributed by atoms with Gasteiger partial charge in [-0.25, -0.2) is 8.93 Å². The molecule has 2 aromatic rings. The number of hydrogen-bond donors (Lipinski definition) is 1. The molecule has 1 N–H and O–H groups in total. The summed E-state index contributed by atoms with van der Waals surface area (Å²) >= 11 is 11.6. The second-order valence-electron chi connectivity index (χ2n) is 9.54. The molecule has 2 saturated carbocycles. The Morgan fingerprint density at radius 3 is 2.08 bits per heavy atom. The Labute approximate surface area is 233 Å². The Bertz CT molecular complexity index is 1010. The Balaban J connectivity index is 0.000000361. The van der Waals surface area contributed by atoms with Gasteiger partial charge in [0.1, 0.15) is 6.29 Å². The SMILES string of the molecule is CC.Clc1ccccc1.O=CC[C@H]1CC[C@@H](c2ccc(Cl)cc2)N(C(CNS(=O)C2CC2)C2CC2)C1=O. The number of piperidine rings is 1. The summed E-state index contributed by atoms with van der Waals surface area (Å²) in [5, 5.41) is 1.74. The maximum Gasteiger partial charge on any atom is 0.226 e. The van der Waals surface area contributed by atoms with Gasteiger partial charge < -0.3 is 9.69 Å². The van der Waals surface area contributed by atoms with E-state index in [-0.39, 0.29) is 35.6 Å². The molecule has 0 radical (unpaired) electrons. The fraction of sp³-hybridized carbons (Fsp3) is 0.517. The third kappa shape index (κ3) is 8.91. The molecule has 5 nitrogen and oxygen atoms in total. The van der Waals surface area contributed by atoms with Crippen molar-refractivity contribution in [3.63, 3.8) is 0 Å². The Hall–Kier alpha value is -1.73. The highest BCUT2D eigenvalue weighted by Gasteiger charge is 2.45. The zero-order chi connectivity index (χ0) is 26.8.